The number of sulfonamides is 1. The molecule has 4 nitrogen and oxygen atoms in total. The molecule has 1 fully saturated rings. The van der Waals surface area contributed by atoms with Gasteiger partial charge in [-0.3, -0.25) is 0 Å². The number of aryl methyl sites for hydroxylation is 1. The zero-order valence-electron chi connectivity index (χ0n) is 10.8. The third-order valence-corrected chi connectivity index (χ3v) is 5.37. The number of aliphatic hydroxyl groups is 1. The van der Waals surface area contributed by atoms with Crippen molar-refractivity contribution in [2.24, 2.45) is 0 Å². The van der Waals surface area contributed by atoms with Crippen LogP contribution in [0.4, 0.5) is 0 Å². The summed E-state index contributed by atoms with van der Waals surface area (Å²) in [5.41, 5.74) is 0.277. The molecule has 0 aliphatic carbocycles. The highest BCUT2D eigenvalue weighted by Crippen LogP contribution is 2.30. The van der Waals surface area contributed by atoms with E-state index in [1.54, 1.807) is 12.1 Å². The minimum atomic E-state index is -3.44. The highest BCUT2D eigenvalue weighted by atomic mass is 32.2. The van der Waals surface area contributed by atoms with Gasteiger partial charge in [-0.2, -0.15) is 4.31 Å². The van der Waals surface area contributed by atoms with E-state index in [1.165, 1.54) is 4.31 Å². The third kappa shape index (κ3) is 2.30. The Kier molecular flexibility index (Phi) is 3.49. The minimum Gasteiger partial charge on any atom is -0.387 e. The van der Waals surface area contributed by atoms with Crippen LogP contribution in [0.5, 0.6) is 0 Å². The summed E-state index contributed by atoms with van der Waals surface area (Å²) in [6, 6.07) is 6.94. The Bertz CT molecular complexity index is 516. The lowest BCUT2D eigenvalue weighted by Crippen LogP contribution is -2.62. The van der Waals surface area contributed by atoms with Gasteiger partial charge in [0.2, 0.25) is 10.0 Å². The number of rotatable bonds is 4. The monoisotopic (exact) mass is 269 g/mol. The summed E-state index contributed by atoms with van der Waals surface area (Å²) in [5, 5.41) is 9.88. The summed E-state index contributed by atoms with van der Waals surface area (Å²) in [6.45, 7) is 4.28. The Morgan fingerprint density at radius 3 is 2.22 bits per heavy atom. The van der Waals surface area contributed by atoms with Gasteiger partial charge in [-0.25, -0.2) is 8.42 Å². The second-order valence-corrected chi connectivity index (χ2v) is 6.79. The SMILES string of the molecule is CCc1ccc(S(=O)(=O)N2CC(O)(CC)C2)cc1. The molecule has 0 unspecified atom stereocenters. The van der Waals surface area contributed by atoms with Gasteiger partial charge in [0.25, 0.3) is 0 Å². The lowest BCUT2D eigenvalue weighted by molar-refractivity contribution is -0.0613. The molecule has 0 radical (unpaired) electrons. The molecule has 0 aromatic heterocycles. The topological polar surface area (TPSA) is 57.6 Å². The molecule has 0 spiro atoms. The largest absolute Gasteiger partial charge is 0.387 e. The number of β-amino-alcohol motifs (C(OH)–C–C–N with tert-alkyl or cyclic N) is 1. The lowest BCUT2D eigenvalue weighted by atomic mass is 9.94. The average Bonchev–Trinajstić information content (AvgIpc) is 2.35. The quantitative estimate of drug-likeness (QED) is 0.898. The maximum absolute atomic E-state index is 12.2. The molecule has 1 aromatic carbocycles. The molecule has 1 aliphatic heterocycles. The van der Waals surface area contributed by atoms with Gasteiger partial charge in [-0.05, 0) is 30.5 Å². The predicted octanol–water partition coefficient (Wildman–Crippen LogP) is 1.39. The molecule has 5 heteroatoms. The Labute approximate surface area is 108 Å². The van der Waals surface area contributed by atoms with Gasteiger partial charge in [0, 0.05) is 13.1 Å². The smallest absolute Gasteiger partial charge is 0.243 e. The summed E-state index contributed by atoms with van der Waals surface area (Å²) in [6.07, 6.45) is 1.47. The number of benzene rings is 1. The molecule has 1 N–H and O–H groups in total. The molecular formula is C13H19NO3S. The van der Waals surface area contributed by atoms with Gasteiger partial charge in [0.1, 0.15) is 0 Å². The highest BCUT2D eigenvalue weighted by Gasteiger charge is 2.45. The van der Waals surface area contributed by atoms with Crippen LogP contribution in [0.3, 0.4) is 0 Å². The van der Waals surface area contributed by atoms with Crippen molar-refractivity contribution in [3.05, 3.63) is 29.8 Å². The standard InChI is InChI=1S/C13H19NO3S/c1-3-11-5-7-12(8-6-11)18(16,17)14-9-13(15,4-2)10-14/h5-8,15H,3-4,9-10H2,1-2H3. The van der Waals surface area contributed by atoms with E-state index in [9.17, 15) is 13.5 Å². The summed E-state index contributed by atoms with van der Waals surface area (Å²) in [4.78, 5) is 0.304. The van der Waals surface area contributed by atoms with Crippen molar-refractivity contribution < 1.29 is 13.5 Å². The second-order valence-electron chi connectivity index (χ2n) is 4.85. The Morgan fingerprint density at radius 1 is 1.22 bits per heavy atom. The van der Waals surface area contributed by atoms with Crippen LogP contribution >= 0.6 is 0 Å². The van der Waals surface area contributed by atoms with Gasteiger partial charge >= 0.3 is 0 Å². The molecule has 1 heterocycles. The number of nitrogens with zero attached hydrogens (tertiary/aromatic N) is 1. The molecular weight excluding hydrogens is 250 g/mol. The summed E-state index contributed by atoms with van der Waals surface area (Å²) < 4.78 is 25.8. The Morgan fingerprint density at radius 2 is 1.78 bits per heavy atom. The first-order valence-electron chi connectivity index (χ1n) is 6.23. The predicted molar refractivity (Wildman–Crippen MR) is 69.8 cm³/mol. The molecule has 2 rings (SSSR count). The van der Waals surface area contributed by atoms with Crippen LogP contribution in [-0.2, 0) is 16.4 Å². The third-order valence-electron chi connectivity index (χ3n) is 3.57. The van der Waals surface area contributed by atoms with Crippen molar-refractivity contribution in [3.63, 3.8) is 0 Å². The first-order chi connectivity index (χ1) is 8.41. The van der Waals surface area contributed by atoms with Crippen molar-refractivity contribution in [1.82, 2.24) is 4.31 Å². The van der Waals surface area contributed by atoms with Gasteiger partial charge in [0.05, 0.1) is 10.5 Å². The van der Waals surface area contributed by atoms with Crippen LogP contribution in [0.2, 0.25) is 0 Å². The van der Waals surface area contributed by atoms with Crippen LogP contribution in [0, 0.1) is 0 Å². The Balaban J connectivity index is 2.17. The van der Waals surface area contributed by atoms with Crippen LogP contribution in [0.15, 0.2) is 29.2 Å². The van der Waals surface area contributed by atoms with Crippen molar-refractivity contribution in [1.29, 1.82) is 0 Å². The van der Waals surface area contributed by atoms with E-state index in [2.05, 4.69) is 0 Å². The molecule has 100 valence electrons. The zero-order chi connectivity index (χ0) is 13.4. The van der Waals surface area contributed by atoms with E-state index < -0.39 is 15.6 Å². The normalized spacial score (nSPS) is 19.5. The van der Waals surface area contributed by atoms with E-state index in [1.807, 2.05) is 26.0 Å². The number of hydrogen-bond acceptors (Lipinski definition) is 3. The maximum atomic E-state index is 12.2. The molecule has 18 heavy (non-hydrogen) atoms. The van der Waals surface area contributed by atoms with Crippen molar-refractivity contribution in [2.45, 2.75) is 37.2 Å². The molecule has 1 aliphatic rings. The summed E-state index contributed by atoms with van der Waals surface area (Å²) in [7, 11) is -3.44. The Hall–Kier alpha value is -0.910. The lowest BCUT2D eigenvalue weighted by Gasteiger charge is -2.44. The van der Waals surface area contributed by atoms with Crippen molar-refractivity contribution in [3.8, 4) is 0 Å². The fraction of sp³-hybridized carbons (Fsp3) is 0.538. The van der Waals surface area contributed by atoms with Gasteiger partial charge in [0.15, 0.2) is 0 Å². The fourth-order valence-corrected chi connectivity index (χ4v) is 3.65. The molecule has 0 saturated carbocycles. The van der Waals surface area contributed by atoms with Crippen LogP contribution < -0.4 is 0 Å². The summed E-state index contributed by atoms with van der Waals surface area (Å²) >= 11 is 0. The number of hydrogen-bond donors (Lipinski definition) is 1. The highest BCUT2D eigenvalue weighted by molar-refractivity contribution is 7.89. The van der Waals surface area contributed by atoms with Crippen molar-refractivity contribution in [2.75, 3.05) is 13.1 Å². The van der Waals surface area contributed by atoms with Gasteiger partial charge < -0.3 is 5.11 Å². The minimum absolute atomic E-state index is 0.196. The molecule has 1 aromatic rings. The second kappa shape index (κ2) is 4.64. The van der Waals surface area contributed by atoms with Crippen molar-refractivity contribution >= 4 is 10.0 Å². The van der Waals surface area contributed by atoms with Gasteiger partial charge in [-0.1, -0.05) is 26.0 Å². The van der Waals surface area contributed by atoms with E-state index in [-0.39, 0.29) is 13.1 Å². The average molecular weight is 269 g/mol. The van der Waals surface area contributed by atoms with Crippen LogP contribution in [0.1, 0.15) is 25.8 Å². The molecule has 0 bridgehead atoms. The van der Waals surface area contributed by atoms with Crippen LogP contribution in [0.25, 0.3) is 0 Å². The van der Waals surface area contributed by atoms with E-state index in [0.29, 0.717) is 11.3 Å². The molecule has 0 atom stereocenters. The van der Waals surface area contributed by atoms with E-state index >= 15 is 0 Å². The summed E-state index contributed by atoms with van der Waals surface area (Å²) in [5.74, 6) is 0. The van der Waals surface area contributed by atoms with E-state index in [4.69, 9.17) is 0 Å². The van der Waals surface area contributed by atoms with E-state index in [0.717, 1.165) is 12.0 Å². The van der Waals surface area contributed by atoms with Crippen LogP contribution in [-0.4, -0.2) is 36.5 Å². The maximum Gasteiger partial charge on any atom is 0.243 e. The fourth-order valence-electron chi connectivity index (χ4n) is 2.05. The zero-order valence-corrected chi connectivity index (χ0v) is 11.6. The molecule has 1 saturated heterocycles. The first-order valence-corrected chi connectivity index (χ1v) is 7.67. The first kappa shape index (κ1) is 13.5. The molecule has 0 amide bonds. The van der Waals surface area contributed by atoms with Gasteiger partial charge in [-0.15, -0.1) is 0 Å².